The van der Waals surface area contributed by atoms with E-state index >= 15 is 0 Å². The lowest BCUT2D eigenvalue weighted by Crippen LogP contribution is -2.34. The van der Waals surface area contributed by atoms with Crippen LogP contribution in [-0.4, -0.2) is 36.3 Å². The SMILES string of the molecule is CC(=O)NCCN1CCCC1=N. The number of amidine groups is 1. The highest BCUT2D eigenvalue weighted by Crippen LogP contribution is 2.08. The topological polar surface area (TPSA) is 56.2 Å². The van der Waals surface area contributed by atoms with Gasteiger partial charge in [0.1, 0.15) is 0 Å². The molecule has 1 saturated heterocycles. The van der Waals surface area contributed by atoms with Crippen LogP contribution in [0.2, 0.25) is 0 Å². The largest absolute Gasteiger partial charge is 0.359 e. The molecule has 0 bridgehead atoms. The summed E-state index contributed by atoms with van der Waals surface area (Å²) < 4.78 is 0. The van der Waals surface area contributed by atoms with Crippen molar-refractivity contribution in [3.05, 3.63) is 0 Å². The summed E-state index contributed by atoms with van der Waals surface area (Å²) in [4.78, 5) is 12.5. The van der Waals surface area contributed by atoms with Crippen molar-refractivity contribution in [3.8, 4) is 0 Å². The molecular formula is C8H15N3O. The maximum atomic E-state index is 10.5. The van der Waals surface area contributed by atoms with Gasteiger partial charge in [0.25, 0.3) is 0 Å². The van der Waals surface area contributed by atoms with Crippen molar-refractivity contribution in [2.75, 3.05) is 19.6 Å². The van der Waals surface area contributed by atoms with Crippen LogP contribution in [-0.2, 0) is 4.79 Å². The van der Waals surface area contributed by atoms with Crippen LogP contribution in [0, 0.1) is 5.41 Å². The molecule has 0 aromatic rings. The van der Waals surface area contributed by atoms with Crippen LogP contribution in [0.4, 0.5) is 0 Å². The molecule has 0 aromatic carbocycles. The summed E-state index contributed by atoms with van der Waals surface area (Å²) in [5, 5.41) is 10.2. The summed E-state index contributed by atoms with van der Waals surface area (Å²) in [6.07, 6.45) is 1.97. The van der Waals surface area contributed by atoms with E-state index in [2.05, 4.69) is 5.32 Å². The van der Waals surface area contributed by atoms with Gasteiger partial charge in [-0.05, 0) is 6.42 Å². The molecule has 12 heavy (non-hydrogen) atoms. The third kappa shape index (κ3) is 2.53. The average Bonchev–Trinajstić information content (AvgIpc) is 2.36. The molecule has 1 aliphatic rings. The van der Waals surface area contributed by atoms with Crippen LogP contribution >= 0.6 is 0 Å². The standard InChI is InChI=1S/C8H15N3O/c1-7(12)10-4-6-11-5-2-3-8(11)9/h9H,2-6H2,1H3,(H,10,12). The highest BCUT2D eigenvalue weighted by Gasteiger charge is 2.15. The Morgan fingerprint density at radius 1 is 1.75 bits per heavy atom. The van der Waals surface area contributed by atoms with E-state index in [-0.39, 0.29) is 5.91 Å². The fourth-order valence-corrected chi connectivity index (χ4v) is 1.34. The van der Waals surface area contributed by atoms with Crippen molar-refractivity contribution in [3.63, 3.8) is 0 Å². The zero-order valence-electron chi connectivity index (χ0n) is 7.39. The minimum atomic E-state index is 0.000674. The van der Waals surface area contributed by atoms with Gasteiger partial charge in [-0.15, -0.1) is 0 Å². The fourth-order valence-electron chi connectivity index (χ4n) is 1.34. The maximum absolute atomic E-state index is 10.5. The van der Waals surface area contributed by atoms with Gasteiger partial charge in [-0.3, -0.25) is 10.2 Å². The maximum Gasteiger partial charge on any atom is 0.216 e. The first-order valence-electron chi connectivity index (χ1n) is 4.27. The second-order valence-corrected chi connectivity index (χ2v) is 3.02. The molecule has 1 rings (SSSR count). The molecule has 0 unspecified atom stereocenters. The quantitative estimate of drug-likeness (QED) is 0.634. The number of hydrogen-bond acceptors (Lipinski definition) is 2. The molecule has 0 aromatic heterocycles. The number of nitrogens with zero attached hydrogens (tertiary/aromatic N) is 1. The number of carbonyl (C=O) groups is 1. The summed E-state index contributed by atoms with van der Waals surface area (Å²) >= 11 is 0. The minimum absolute atomic E-state index is 0.000674. The smallest absolute Gasteiger partial charge is 0.216 e. The van der Waals surface area contributed by atoms with Crippen LogP contribution < -0.4 is 5.32 Å². The summed E-state index contributed by atoms with van der Waals surface area (Å²) in [7, 11) is 0. The van der Waals surface area contributed by atoms with Crippen molar-refractivity contribution in [1.82, 2.24) is 10.2 Å². The predicted octanol–water partition coefficient (Wildman–Crippen LogP) is 0.196. The van der Waals surface area contributed by atoms with Gasteiger partial charge in [-0.2, -0.15) is 0 Å². The van der Waals surface area contributed by atoms with Crippen molar-refractivity contribution >= 4 is 11.7 Å². The molecule has 1 amide bonds. The molecule has 0 spiro atoms. The third-order valence-corrected chi connectivity index (χ3v) is 1.98. The molecule has 1 heterocycles. The van der Waals surface area contributed by atoms with Crippen LogP contribution in [0.15, 0.2) is 0 Å². The Morgan fingerprint density at radius 3 is 3.00 bits per heavy atom. The van der Waals surface area contributed by atoms with Gasteiger partial charge in [-0.25, -0.2) is 0 Å². The Balaban J connectivity index is 2.14. The lowest BCUT2D eigenvalue weighted by atomic mass is 10.4. The fraction of sp³-hybridized carbons (Fsp3) is 0.750. The zero-order valence-corrected chi connectivity index (χ0v) is 7.39. The Hall–Kier alpha value is -1.06. The molecule has 0 atom stereocenters. The Kier molecular flexibility index (Phi) is 3.08. The Bertz CT molecular complexity index is 191. The van der Waals surface area contributed by atoms with Gasteiger partial charge in [0.15, 0.2) is 0 Å². The van der Waals surface area contributed by atoms with E-state index in [1.165, 1.54) is 6.92 Å². The summed E-state index contributed by atoms with van der Waals surface area (Å²) in [6.45, 7) is 3.91. The van der Waals surface area contributed by atoms with E-state index in [9.17, 15) is 4.79 Å². The molecule has 0 saturated carbocycles. The van der Waals surface area contributed by atoms with Crippen molar-refractivity contribution in [2.45, 2.75) is 19.8 Å². The molecular weight excluding hydrogens is 154 g/mol. The van der Waals surface area contributed by atoms with Gasteiger partial charge in [0.05, 0.1) is 5.84 Å². The number of likely N-dealkylation sites (tertiary alicyclic amines) is 1. The van der Waals surface area contributed by atoms with Crippen LogP contribution in [0.1, 0.15) is 19.8 Å². The number of amides is 1. The first kappa shape index (κ1) is 9.03. The molecule has 4 nitrogen and oxygen atoms in total. The molecule has 0 aliphatic carbocycles. The first-order chi connectivity index (χ1) is 5.70. The van der Waals surface area contributed by atoms with Gasteiger partial charge >= 0.3 is 0 Å². The second-order valence-electron chi connectivity index (χ2n) is 3.02. The normalized spacial score (nSPS) is 16.8. The van der Waals surface area contributed by atoms with Gasteiger partial charge in [0.2, 0.25) is 5.91 Å². The summed E-state index contributed by atoms with van der Waals surface area (Å²) in [5.41, 5.74) is 0. The van der Waals surface area contributed by atoms with Crippen LogP contribution in [0.3, 0.4) is 0 Å². The highest BCUT2D eigenvalue weighted by molar-refractivity contribution is 5.81. The Labute approximate surface area is 72.4 Å². The molecule has 2 N–H and O–H groups in total. The number of rotatable bonds is 3. The molecule has 1 aliphatic heterocycles. The molecule has 1 fully saturated rings. The molecule has 4 heteroatoms. The number of carbonyl (C=O) groups excluding carboxylic acids is 1. The van der Waals surface area contributed by atoms with E-state index in [1.807, 2.05) is 4.90 Å². The number of nitrogens with one attached hydrogen (secondary N) is 2. The average molecular weight is 169 g/mol. The first-order valence-corrected chi connectivity index (χ1v) is 4.27. The molecule has 0 radical (unpaired) electrons. The van der Waals surface area contributed by atoms with Gasteiger partial charge < -0.3 is 10.2 Å². The Morgan fingerprint density at radius 2 is 2.50 bits per heavy atom. The van der Waals surface area contributed by atoms with Crippen molar-refractivity contribution in [1.29, 1.82) is 5.41 Å². The van der Waals surface area contributed by atoms with Crippen LogP contribution in [0.5, 0.6) is 0 Å². The van der Waals surface area contributed by atoms with E-state index in [0.717, 1.165) is 25.9 Å². The van der Waals surface area contributed by atoms with Crippen molar-refractivity contribution in [2.24, 2.45) is 0 Å². The number of hydrogen-bond donors (Lipinski definition) is 2. The lowest BCUT2D eigenvalue weighted by molar-refractivity contribution is -0.118. The van der Waals surface area contributed by atoms with E-state index in [1.54, 1.807) is 0 Å². The molecule has 68 valence electrons. The minimum Gasteiger partial charge on any atom is -0.359 e. The second kappa shape index (κ2) is 4.09. The third-order valence-electron chi connectivity index (χ3n) is 1.98. The van der Waals surface area contributed by atoms with Crippen LogP contribution in [0.25, 0.3) is 0 Å². The summed E-state index contributed by atoms with van der Waals surface area (Å²) in [5.74, 6) is 0.709. The highest BCUT2D eigenvalue weighted by atomic mass is 16.1. The van der Waals surface area contributed by atoms with E-state index in [0.29, 0.717) is 12.4 Å². The van der Waals surface area contributed by atoms with E-state index < -0.39 is 0 Å². The van der Waals surface area contributed by atoms with Gasteiger partial charge in [-0.1, -0.05) is 0 Å². The predicted molar refractivity (Wildman–Crippen MR) is 47.2 cm³/mol. The van der Waals surface area contributed by atoms with E-state index in [4.69, 9.17) is 5.41 Å². The summed E-state index contributed by atoms with van der Waals surface area (Å²) in [6, 6.07) is 0. The lowest BCUT2D eigenvalue weighted by Gasteiger charge is -2.17. The zero-order chi connectivity index (χ0) is 8.97. The monoisotopic (exact) mass is 169 g/mol. The van der Waals surface area contributed by atoms with Crippen molar-refractivity contribution < 1.29 is 4.79 Å². The van der Waals surface area contributed by atoms with Gasteiger partial charge in [0, 0.05) is 33.0 Å².